The first-order valence-corrected chi connectivity index (χ1v) is 7.37. The van der Waals surface area contributed by atoms with Crippen LogP contribution in [-0.4, -0.2) is 20.8 Å². The van der Waals surface area contributed by atoms with Crippen LogP contribution in [0.2, 0.25) is 0 Å². The van der Waals surface area contributed by atoms with Crippen molar-refractivity contribution in [2.45, 2.75) is 13.8 Å². The topological polar surface area (TPSA) is 113 Å². The third kappa shape index (κ3) is 2.97. The molecule has 0 N–H and O–H groups in total. The molecule has 0 radical (unpaired) electrons. The minimum Gasteiger partial charge on any atom is -0.872 e. The summed E-state index contributed by atoms with van der Waals surface area (Å²) in [5.74, 6) is -0.0386. The molecule has 0 aliphatic rings. The molecule has 0 saturated heterocycles. The van der Waals surface area contributed by atoms with Gasteiger partial charge in [0.2, 0.25) is 0 Å². The molecule has 3 rings (SSSR count). The van der Waals surface area contributed by atoms with Gasteiger partial charge in [0, 0.05) is 12.1 Å². The van der Waals surface area contributed by atoms with E-state index in [9.17, 15) is 20.0 Å². The lowest BCUT2D eigenvalue weighted by Crippen LogP contribution is -2.20. The number of hydrogen-bond donors (Lipinski definition) is 0. The number of rotatable bonds is 3. The highest BCUT2D eigenvalue weighted by atomic mass is 16.6. The van der Waals surface area contributed by atoms with Gasteiger partial charge in [-0.3, -0.25) is 14.9 Å². The Balaban J connectivity index is 2.14. The van der Waals surface area contributed by atoms with Crippen LogP contribution < -0.4 is 10.7 Å². The van der Waals surface area contributed by atoms with E-state index >= 15 is 0 Å². The molecule has 0 atom stereocenters. The summed E-state index contributed by atoms with van der Waals surface area (Å²) in [6, 6.07) is 9.18. The lowest BCUT2D eigenvalue weighted by molar-refractivity contribution is -0.385. The number of aromatic nitrogens is 2. The Morgan fingerprint density at radius 3 is 2.68 bits per heavy atom. The second kappa shape index (κ2) is 6.16. The van der Waals surface area contributed by atoms with E-state index in [2.05, 4.69) is 10.1 Å². The number of nitrogens with zero attached hydrogens (tertiary/aromatic N) is 4. The maximum Gasteiger partial charge on any atom is 0.282 e. The third-order valence-corrected chi connectivity index (χ3v) is 3.73. The van der Waals surface area contributed by atoms with Gasteiger partial charge >= 0.3 is 0 Å². The number of nitro groups is 1. The number of aryl methyl sites for hydroxylation is 2. The Kier molecular flexibility index (Phi) is 4.02. The van der Waals surface area contributed by atoms with Gasteiger partial charge in [-0.15, -0.1) is 0 Å². The average molecular weight is 337 g/mol. The van der Waals surface area contributed by atoms with E-state index in [-0.39, 0.29) is 28.1 Å². The number of fused-ring (bicyclic) bond motifs is 1. The molecular formula is C17H13N4O4-. The van der Waals surface area contributed by atoms with Gasteiger partial charge < -0.3 is 5.11 Å². The Morgan fingerprint density at radius 1 is 1.24 bits per heavy atom. The first kappa shape index (κ1) is 16.3. The first-order valence-electron chi connectivity index (χ1n) is 7.37. The van der Waals surface area contributed by atoms with Crippen LogP contribution in [0.15, 0.2) is 46.3 Å². The highest BCUT2D eigenvalue weighted by Crippen LogP contribution is 2.24. The maximum atomic E-state index is 12.5. The Hall–Kier alpha value is -3.55. The lowest BCUT2D eigenvalue weighted by Gasteiger charge is -2.13. The van der Waals surface area contributed by atoms with Crippen molar-refractivity contribution in [1.82, 2.24) is 9.66 Å². The standard InChI is InChI=1S/C17H14N4O4/c1-10-7-13(21(24)25)8-12(16(10)22)9-18-20-11(2)19-15-6-4-3-5-14(15)17(20)23/h3-9,22H,1-2H3/p-1. The molecule has 2 aromatic carbocycles. The van der Waals surface area contributed by atoms with Crippen molar-refractivity contribution in [2.75, 3.05) is 0 Å². The van der Waals surface area contributed by atoms with Gasteiger partial charge in [-0.1, -0.05) is 23.4 Å². The van der Waals surface area contributed by atoms with Crippen molar-refractivity contribution in [1.29, 1.82) is 0 Å². The first-order chi connectivity index (χ1) is 11.9. The fourth-order valence-corrected chi connectivity index (χ4v) is 2.47. The summed E-state index contributed by atoms with van der Waals surface area (Å²) in [5.41, 5.74) is 0.225. The van der Waals surface area contributed by atoms with E-state index in [0.717, 1.165) is 17.0 Å². The fourth-order valence-electron chi connectivity index (χ4n) is 2.47. The monoisotopic (exact) mass is 337 g/mol. The molecule has 126 valence electrons. The predicted octanol–water partition coefficient (Wildman–Crippen LogP) is 1.88. The van der Waals surface area contributed by atoms with Gasteiger partial charge in [-0.2, -0.15) is 9.78 Å². The maximum absolute atomic E-state index is 12.5. The third-order valence-electron chi connectivity index (χ3n) is 3.73. The number of para-hydroxylation sites is 1. The van der Waals surface area contributed by atoms with Crippen LogP contribution in [0.5, 0.6) is 5.75 Å². The Bertz CT molecular complexity index is 1090. The van der Waals surface area contributed by atoms with Gasteiger partial charge in [-0.25, -0.2) is 4.98 Å². The van der Waals surface area contributed by atoms with Crippen LogP contribution in [0.1, 0.15) is 17.0 Å². The molecule has 0 aliphatic carbocycles. The molecule has 3 aromatic rings. The molecular weight excluding hydrogens is 324 g/mol. The lowest BCUT2D eigenvalue weighted by atomic mass is 10.1. The smallest absolute Gasteiger partial charge is 0.282 e. The highest BCUT2D eigenvalue weighted by Gasteiger charge is 2.10. The second-order valence-electron chi connectivity index (χ2n) is 5.48. The van der Waals surface area contributed by atoms with E-state index in [1.165, 1.54) is 13.0 Å². The van der Waals surface area contributed by atoms with Crippen molar-refractivity contribution in [3.8, 4) is 5.75 Å². The number of nitro benzene ring substituents is 1. The van der Waals surface area contributed by atoms with Crippen LogP contribution in [0.25, 0.3) is 10.9 Å². The Morgan fingerprint density at radius 2 is 1.96 bits per heavy atom. The molecule has 0 unspecified atom stereocenters. The van der Waals surface area contributed by atoms with Gasteiger partial charge in [0.15, 0.2) is 0 Å². The zero-order chi connectivity index (χ0) is 18.1. The highest BCUT2D eigenvalue weighted by molar-refractivity contribution is 5.85. The van der Waals surface area contributed by atoms with Crippen molar-refractivity contribution >= 4 is 22.8 Å². The summed E-state index contributed by atoms with van der Waals surface area (Å²) in [5, 5.41) is 27.5. The van der Waals surface area contributed by atoms with Crippen LogP contribution >= 0.6 is 0 Å². The number of hydrogen-bond acceptors (Lipinski definition) is 6. The van der Waals surface area contributed by atoms with Crippen molar-refractivity contribution < 1.29 is 10.0 Å². The van der Waals surface area contributed by atoms with E-state index in [0.29, 0.717) is 16.7 Å². The van der Waals surface area contributed by atoms with E-state index < -0.39 is 4.92 Å². The van der Waals surface area contributed by atoms with Crippen molar-refractivity contribution in [2.24, 2.45) is 5.10 Å². The minimum atomic E-state index is -0.585. The van der Waals surface area contributed by atoms with Crippen LogP contribution in [-0.2, 0) is 0 Å². The molecule has 8 heteroatoms. The van der Waals surface area contributed by atoms with Crippen LogP contribution in [0, 0.1) is 24.0 Å². The van der Waals surface area contributed by atoms with Gasteiger partial charge in [-0.05, 0) is 31.5 Å². The Labute approximate surface area is 141 Å². The molecule has 0 saturated carbocycles. The fraction of sp³-hybridized carbons (Fsp3) is 0.118. The minimum absolute atomic E-state index is 0.0335. The zero-order valence-corrected chi connectivity index (χ0v) is 13.5. The average Bonchev–Trinajstić information content (AvgIpc) is 2.57. The quantitative estimate of drug-likeness (QED) is 0.411. The predicted molar refractivity (Wildman–Crippen MR) is 91.0 cm³/mol. The summed E-state index contributed by atoms with van der Waals surface area (Å²) in [6.45, 7) is 3.10. The molecule has 1 aromatic heterocycles. The van der Waals surface area contributed by atoms with Gasteiger partial charge in [0.25, 0.3) is 11.2 Å². The van der Waals surface area contributed by atoms with Gasteiger partial charge in [0.1, 0.15) is 5.82 Å². The molecule has 0 fully saturated rings. The number of non-ortho nitro benzene ring substituents is 1. The zero-order valence-electron chi connectivity index (χ0n) is 13.5. The molecule has 0 spiro atoms. The van der Waals surface area contributed by atoms with E-state index in [1.54, 1.807) is 31.2 Å². The SMILES string of the molecule is Cc1cc([N+](=O)[O-])cc(C=Nn2c(C)nc3ccccc3c2=O)c1[O-]. The molecule has 8 nitrogen and oxygen atoms in total. The van der Waals surface area contributed by atoms with E-state index in [4.69, 9.17) is 0 Å². The number of benzene rings is 2. The summed E-state index contributed by atoms with van der Waals surface area (Å²) in [6.07, 6.45) is 1.15. The normalized spacial score (nSPS) is 11.3. The van der Waals surface area contributed by atoms with Crippen LogP contribution in [0.4, 0.5) is 5.69 Å². The largest absolute Gasteiger partial charge is 0.872 e. The second-order valence-corrected chi connectivity index (χ2v) is 5.48. The van der Waals surface area contributed by atoms with Crippen LogP contribution in [0.3, 0.4) is 0 Å². The van der Waals surface area contributed by atoms with Gasteiger partial charge in [0.05, 0.1) is 22.0 Å². The molecule has 0 amide bonds. The summed E-state index contributed by atoms with van der Waals surface area (Å²) in [4.78, 5) is 27.2. The molecule has 25 heavy (non-hydrogen) atoms. The molecule has 0 bridgehead atoms. The van der Waals surface area contributed by atoms with E-state index in [1.807, 2.05) is 0 Å². The molecule has 0 aliphatic heterocycles. The summed E-state index contributed by atoms with van der Waals surface area (Å²) < 4.78 is 1.07. The van der Waals surface area contributed by atoms with Crippen molar-refractivity contribution in [3.63, 3.8) is 0 Å². The molecule has 1 heterocycles. The van der Waals surface area contributed by atoms with Crippen molar-refractivity contribution in [3.05, 3.63) is 73.8 Å². The summed E-state index contributed by atoms with van der Waals surface area (Å²) >= 11 is 0. The summed E-state index contributed by atoms with van der Waals surface area (Å²) in [7, 11) is 0.